The number of phenolic OH excluding ortho intramolecular Hbond substituents is 1. The van der Waals surface area contributed by atoms with E-state index in [4.69, 9.17) is 0 Å². The van der Waals surface area contributed by atoms with Crippen LogP contribution in [-0.4, -0.2) is 36.3 Å². The predicted octanol–water partition coefficient (Wildman–Crippen LogP) is 4.40. The molecule has 1 atom stereocenters. The minimum absolute atomic E-state index is 0.0765. The Balaban J connectivity index is 1.65. The number of aromatic hydroxyl groups is 1. The van der Waals surface area contributed by atoms with Gasteiger partial charge in [0.1, 0.15) is 11.6 Å². The van der Waals surface area contributed by atoms with E-state index in [1.165, 1.54) is 18.2 Å². The van der Waals surface area contributed by atoms with Crippen LogP contribution >= 0.6 is 0 Å². The smallest absolute Gasteiger partial charge is 0.123 e. The van der Waals surface area contributed by atoms with Crippen molar-refractivity contribution in [1.82, 2.24) is 10.3 Å². The van der Waals surface area contributed by atoms with E-state index in [9.17, 15) is 9.50 Å². The largest absolute Gasteiger partial charge is 0.508 e. The van der Waals surface area contributed by atoms with Gasteiger partial charge in [-0.15, -0.1) is 0 Å². The van der Waals surface area contributed by atoms with Gasteiger partial charge in [-0.2, -0.15) is 0 Å². The minimum atomic E-state index is -0.369. The Morgan fingerprint density at radius 1 is 1.00 bits per heavy atom. The van der Waals surface area contributed by atoms with E-state index in [0.29, 0.717) is 5.56 Å². The van der Waals surface area contributed by atoms with Crippen molar-refractivity contribution >= 4 is 16.6 Å². The van der Waals surface area contributed by atoms with Crippen LogP contribution in [0.1, 0.15) is 22.7 Å². The summed E-state index contributed by atoms with van der Waals surface area (Å²) < 4.78 is 14.2. The lowest BCUT2D eigenvalue weighted by atomic mass is 9.87. The molecule has 0 unspecified atom stereocenters. The van der Waals surface area contributed by atoms with Crippen molar-refractivity contribution in [2.45, 2.75) is 5.92 Å². The molecule has 30 heavy (non-hydrogen) atoms. The highest BCUT2D eigenvalue weighted by molar-refractivity contribution is 5.81. The van der Waals surface area contributed by atoms with Crippen molar-refractivity contribution < 1.29 is 9.50 Å². The van der Waals surface area contributed by atoms with Crippen molar-refractivity contribution in [2.24, 2.45) is 0 Å². The molecular formula is C25H23FN3O. The van der Waals surface area contributed by atoms with Gasteiger partial charge in [-0.05, 0) is 65.5 Å². The molecule has 4 aromatic rings. The molecule has 1 radical (unpaired) electrons. The van der Waals surface area contributed by atoms with Crippen LogP contribution in [0.4, 0.5) is 10.1 Å². The van der Waals surface area contributed by atoms with Crippen molar-refractivity contribution in [3.05, 3.63) is 95.4 Å². The molecule has 1 saturated heterocycles. The number of anilines is 1. The summed E-state index contributed by atoms with van der Waals surface area (Å²) in [5, 5.41) is 15.1. The number of aromatic nitrogens is 1. The number of fused-ring (bicyclic) bond motifs is 1. The average Bonchev–Trinajstić information content (AvgIpc) is 3.21. The van der Waals surface area contributed by atoms with Gasteiger partial charge in [-0.25, -0.2) is 4.39 Å². The summed E-state index contributed by atoms with van der Waals surface area (Å²) in [5.41, 5.74) is 4.50. The molecule has 0 bridgehead atoms. The summed E-state index contributed by atoms with van der Waals surface area (Å²) >= 11 is 0. The number of aromatic amines is 1. The number of nitrogens with zero attached hydrogens (tertiary/aromatic N) is 1. The van der Waals surface area contributed by atoms with Gasteiger partial charge in [0.2, 0.25) is 0 Å². The molecule has 0 amide bonds. The molecule has 2 heterocycles. The Morgan fingerprint density at radius 3 is 2.67 bits per heavy atom. The molecule has 1 fully saturated rings. The molecule has 3 N–H and O–H groups in total. The van der Waals surface area contributed by atoms with Crippen LogP contribution < -0.4 is 10.2 Å². The van der Waals surface area contributed by atoms with Gasteiger partial charge >= 0.3 is 0 Å². The second-order valence-corrected chi connectivity index (χ2v) is 7.71. The number of halogens is 1. The van der Waals surface area contributed by atoms with Gasteiger partial charge in [-0.1, -0.05) is 18.2 Å². The van der Waals surface area contributed by atoms with Gasteiger partial charge < -0.3 is 20.3 Å². The van der Waals surface area contributed by atoms with Crippen LogP contribution in [0.3, 0.4) is 0 Å². The van der Waals surface area contributed by atoms with E-state index in [1.807, 2.05) is 36.4 Å². The third-order valence-corrected chi connectivity index (χ3v) is 5.77. The summed E-state index contributed by atoms with van der Waals surface area (Å²) in [6.07, 6.45) is 0. The predicted molar refractivity (Wildman–Crippen MR) is 118 cm³/mol. The lowest BCUT2D eigenvalue weighted by molar-refractivity contribution is 0.464. The van der Waals surface area contributed by atoms with Gasteiger partial charge in [0.05, 0.1) is 5.92 Å². The highest BCUT2D eigenvalue weighted by Crippen LogP contribution is 2.39. The van der Waals surface area contributed by atoms with E-state index >= 15 is 0 Å². The van der Waals surface area contributed by atoms with Crippen molar-refractivity contribution in [2.75, 3.05) is 31.1 Å². The van der Waals surface area contributed by atoms with Gasteiger partial charge in [-0.3, -0.25) is 0 Å². The lowest BCUT2D eigenvalue weighted by Gasteiger charge is -2.30. The van der Waals surface area contributed by atoms with Crippen LogP contribution in [0, 0.1) is 11.9 Å². The standard InChI is InChI=1S/C25H23FN3O/c26-19-8-9-24(30)21(16-19)25(23-15-17-4-1-2-7-22(17)28-23)18-5-3-6-20(14-18)29-12-10-27-11-13-29/h1-2,4-9,14-16,25,27-28,30H,10-13H2/t25-/m0/s1. The lowest BCUT2D eigenvalue weighted by Crippen LogP contribution is -2.43. The number of para-hydroxylation sites is 1. The highest BCUT2D eigenvalue weighted by atomic mass is 19.1. The number of H-pyrrole nitrogens is 1. The maximum Gasteiger partial charge on any atom is 0.123 e. The Kier molecular flexibility index (Phi) is 4.89. The number of piperazine rings is 1. The quantitative estimate of drug-likeness (QED) is 0.476. The second-order valence-electron chi connectivity index (χ2n) is 7.71. The van der Waals surface area contributed by atoms with Crippen LogP contribution in [-0.2, 0) is 0 Å². The molecule has 0 spiro atoms. The fourth-order valence-electron chi connectivity index (χ4n) is 4.28. The molecule has 1 aromatic heterocycles. The third-order valence-electron chi connectivity index (χ3n) is 5.77. The van der Waals surface area contributed by atoms with Crippen LogP contribution in [0.15, 0.2) is 66.7 Å². The molecule has 4 nitrogen and oxygen atoms in total. The first-order valence-electron chi connectivity index (χ1n) is 10.2. The monoisotopic (exact) mass is 400 g/mol. The minimum Gasteiger partial charge on any atom is -0.508 e. The molecule has 5 rings (SSSR count). The molecule has 151 valence electrons. The number of benzene rings is 3. The van der Waals surface area contributed by atoms with Crippen molar-refractivity contribution in [3.8, 4) is 5.75 Å². The van der Waals surface area contributed by atoms with E-state index in [0.717, 1.165) is 54.0 Å². The molecule has 1 aliphatic heterocycles. The summed E-state index contributed by atoms with van der Waals surface area (Å²) in [6.45, 7) is 3.75. The maximum atomic E-state index is 14.2. The summed E-state index contributed by atoms with van der Waals surface area (Å²) in [4.78, 5) is 5.79. The van der Waals surface area contributed by atoms with Gasteiger partial charge in [0.25, 0.3) is 0 Å². The summed E-state index contributed by atoms with van der Waals surface area (Å²) in [6, 6.07) is 23.5. The zero-order chi connectivity index (χ0) is 20.5. The van der Waals surface area contributed by atoms with Gasteiger partial charge in [0, 0.05) is 48.6 Å². The number of phenols is 1. The van der Waals surface area contributed by atoms with Crippen molar-refractivity contribution in [1.29, 1.82) is 0 Å². The molecule has 0 saturated carbocycles. The fourth-order valence-corrected chi connectivity index (χ4v) is 4.28. The first-order chi connectivity index (χ1) is 14.7. The fraction of sp³-hybridized carbons (Fsp3) is 0.200. The second kappa shape index (κ2) is 7.84. The van der Waals surface area contributed by atoms with Gasteiger partial charge in [0.15, 0.2) is 0 Å². The van der Waals surface area contributed by atoms with Crippen molar-refractivity contribution in [3.63, 3.8) is 0 Å². The first kappa shape index (κ1) is 18.7. The number of hydrogen-bond donors (Lipinski definition) is 3. The molecule has 0 aliphatic carbocycles. The molecule has 5 heteroatoms. The number of hydrogen-bond acceptors (Lipinski definition) is 3. The topological polar surface area (TPSA) is 51.3 Å². The number of rotatable bonds is 4. The molecule has 3 aromatic carbocycles. The van der Waals surface area contributed by atoms with E-state index in [-0.39, 0.29) is 17.5 Å². The molecular weight excluding hydrogens is 377 g/mol. The Bertz CT molecular complexity index is 1150. The van der Waals surface area contributed by atoms with E-state index in [1.54, 1.807) is 0 Å². The Labute approximate surface area is 175 Å². The first-order valence-corrected chi connectivity index (χ1v) is 10.2. The molecule has 1 aliphatic rings. The zero-order valence-corrected chi connectivity index (χ0v) is 16.5. The third kappa shape index (κ3) is 3.53. The number of nitrogens with one attached hydrogen (secondary N) is 2. The van der Waals surface area contributed by atoms with Crippen LogP contribution in [0.2, 0.25) is 0 Å². The normalized spacial score (nSPS) is 15.4. The van der Waals surface area contributed by atoms with E-state index < -0.39 is 0 Å². The average molecular weight is 400 g/mol. The Hall–Kier alpha value is -3.31. The zero-order valence-electron chi connectivity index (χ0n) is 16.5. The summed E-state index contributed by atoms with van der Waals surface area (Å²) in [7, 11) is 0. The summed E-state index contributed by atoms with van der Waals surface area (Å²) in [5.74, 6) is -0.633. The Morgan fingerprint density at radius 2 is 1.83 bits per heavy atom. The SMILES string of the molecule is Oc1ccc(F)cc1[C@H](c1c[c]cc(N2CCNCC2)c1)c1cc2ccccc2[nH]1. The maximum absolute atomic E-state index is 14.2. The van der Waals surface area contributed by atoms with Crippen LogP contribution in [0.25, 0.3) is 10.9 Å². The van der Waals surface area contributed by atoms with Crippen LogP contribution in [0.5, 0.6) is 5.75 Å². The van der Waals surface area contributed by atoms with E-state index in [2.05, 4.69) is 33.4 Å². The highest BCUT2D eigenvalue weighted by Gasteiger charge is 2.24.